The molecular formula is C21H20Cl2N2O2. The van der Waals surface area contributed by atoms with Gasteiger partial charge in [-0.1, -0.05) is 53.5 Å². The number of hydrogen-bond donors (Lipinski definition) is 0. The Morgan fingerprint density at radius 2 is 1.59 bits per heavy atom. The number of amides is 1. The molecule has 0 aliphatic carbocycles. The minimum Gasteiger partial charge on any atom is -0.368 e. The average Bonchev–Trinajstić information content (AvgIpc) is 2.69. The van der Waals surface area contributed by atoms with Gasteiger partial charge >= 0.3 is 0 Å². The second-order valence-corrected chi connectivity index (χ2v) is 7.16. The van der Waals surface area contributed by atoms with E-state index in [0.29, 0.717) is 28.7 Å². The molecule has 1 aliphatic rings. The molecule has 2 aromatic carbocycles. The maximum absolute atomic E-state index is 12.9. The van der Waals surface area contributed by atoms with E-state index in [2.05, 4.69) is 17.0 Å². The predicted molar refractivity (Wildman–Crippen MR) is 110 cm³/mol. The number of halogens is 2. The summed E-state index contributed by atoms with van der Waals surface area (Å²) in [6.45, 7) is 3.95. The van der Waals surface area contributed by atoms with Gasteiger partial charge in [0.2, 0.25) is 0 Å². The van der Waals surface area contributed by atoms with Crippen molar-refractivity contribution in [3.8, 4) is 0 Å². The molecule has 3 rings (SSSR count). The minimum atomic E-state index is -0.290. The molecular weight excluding hydrogens is 383 g/mol. The Bertz CT molecular complexity index is 873. The SMILES string of the molecule is CC(=O)C(=Cc1cccc(Cl)c1Cl)C(=O)N1CCN(c2ccccc2)CC1. The Kier molecular flexibility index (Phi) is 6.19. The van der Waals surface area contributed by atoms with E-state index in [1.807, 2.05) is 18.2 Å². The first kappa shape index (κ1) is 19.5. The van der Waals surface area contributed by atoms with Gasteiger partial charge in [-0.2, -0.15) is 0 Å². The number of piperazine rings is 1. The van der Waals surface area contributed by atoms with Crippen LogP contribution in [0.4, 0.5) is 5.69 Å². The molecule has 0 aromatic heterocycles. The molecule has 4 nitrogen and oxygen atoms in total. The zero-order chi connectivity index (χ0) is 19.4. The normalized spacial score (nSPS) is 15.0. The van der Waals surface area contributed by atoms with E-state index in [4.69, 9.17) is 23.2 Å². The molecule has 0 bridgehead atoms. The van der Waals surface area contributed by atoms with Crippen LogP contribution in [-0.4, -0.2) is 42.8 Å². The first-order valence-corrected chi connectivity index (χ1v) is 9.49. The Morgan fingerprint density at radius 1 is 0.926 bits per heavy atom. The zero-order valence-corrected chi connectivity index (χ0v) is 16.5. The van der Waals surface area contributed by atoms with Crippen LogP contribution in [0.1, 0.15) is 12.5 Å². The van der Waals surface area contributed by atoms with E-state index in [1.54, 1.807) is 23.1 Å². The number of benzene rings is 2. The number of anilines is 1. The highest BCUT2D eigenvalue weighted by Gasteiger charge is 2.26. The van der Waals surface area contributed by atoms with Crippen LogP contribution in [-0.2, 0) is 9.59 Å². The second-order valence-electron chi connectivity index (χ2n) is 6.37. The van der Waals surface area contributed by atoms with Crippen molar-refractivity contribution < 1.29 is 9.59 Å². The fraction of sp³-hybridized carbons (Fsp3) is 0.238. The molecule has 6 heteroatoms. The lowest BCUT2D eigenvalue weighted by atomic mass is 10.1. The summed E-state index contributed by atoms with van der Waals surface area (Å²) in [7, 11) is 0. The Balaban J connectivity index is 1.76. The van der Waals surface area contributed by atoms with E-state index in [9.17, 15) is 9.59 Å². The maximum atomic E-state index is 12.9. The monoisotopic (exact) mass is 402 g/mol. The smallest absolute Gasteiger partial charge is 0.257 e. The number of rotatable bonds is 4. The Morgan fingerprint density at radius 3 is 2.22 bits per heavy atom. The van der Waals surface area contributed by atoms with E-state index in [0.717, 1.165) is 18.8 Å². The van der Waals surface area contributed by atoms with Crippen LogP contribution < -0.4 is 4.90 Å². The van der Waals surface area contributed by atoms with Crippen LogP contribution >= 0.6 is 23.2 Å². The van der Waals surface area contributed by atoms with Crippen LogP contribution in [0.2, 0.25) is 10.0 Å². The summed E-state index contributed by atoms with van der Waals surface area (Å²) < 4.78 is 0. The summed E-state index contributed by atoms with van der Waals surface area (Å²) in [5.41, 5.74) is 1.82. The van der Waals surface area contributed by atoms with E-state index in [-0.39, 0.29) is 17.3 Å². The second kappa shape index (κ2) is 8.59. The third-order valence-electron chi connectivity index (χ3n) is 4.58. The fourth-order valence-corrected chi connectivity index (χ4v) is 3.44. The third kappa shape index (κ3) is 4.52. The molecule has 0 saturated carbocycles. The van der Waals surface area contributed by atoms with Gasteiger partial charge in [0, 0.05) is 31.9 Å². The number of nitrogens with zero attached hydrogens (tertiary/aromatic N) is 2. The predicted octanol–water partition coefficient (Wildman–Crippen LogP) is 4.31. The van der Waals surface area contributed by atoms with Gasteiger partial charge in [-0.3, -0.25) is 9.59 Å². The molecule has 0 atom stereocenters. The van der Waals surface area contributed by atoms with Gasteiger partial charge in [0.05, 0.1) is 15.6 Å². The molecule has 0 spiro atoms. The summed E-state index contributed by atoms with van der Waals surface area (Å²) in [4.78, 5) is 29.0. The van der Waals surface area contributed by atoms with Gasteiger partial charge in [-0.15, -0.1) is 0 Å². The lowest BCUT2D eigenvalue weighted by Crippen LogP contribution is -2.49. The van der Waals surface area contributed by atoms with E-state index >= 15 is 0 Å². The molecule has 1 saturated heterocycles. The molecule has 1 aliphatic heterocycles. The third-order valence-corrected chi connectivity index (χ3v) is 5.41. The van der Waals surface area contributed by atoms with Crippen molar-refractivity contribution >= 4 is 46.7 Å². The maximum Gasteiger partial charge on any atom is 0.257 e. The van der Waals surface area contributed by atoms with Crippen LogP contribution in [0.3, 0.4) is 0 Å². The molecule has 27 heavy (non-hydrogen) atoms. The van der Waals surface area contributed by atoms with Crippen molar-refractivity contribution in [3.05, 3.63) is 69.7 Å². The highest BCUT2D eigenvalue weighted by Crippen LogP contribution is 2.28. The van der Waals surface area contributed by atoms with Crippen LogP contribution in [0.25, 0.3) is 6.08 Å². The van der Waals surface area contributed by atoms with Crippen LogP contribution in [0.15, 0.2) is 54.1 Å². The molecule has 1 fully saturated rings. The molecule has 0 N–H and O–H groups in total. The molecule has 0 unspecified atom stereocenters. The lowest BCUT2D eigenvalue weighted by molar-refractivity contribution is -0.129. The number of para-hydroxylation sites is 1. The molecule has 0 radical (unpaired) electrons. The first-order chi connectivity index (χ1) is 13.0. The molecule has 140 valence electrons. The summed E-state index contributed by atoms with van der Waals surface area (Å²) in [6.07, 6.45) is 1.53. The topological polar surface area (TPSA) is 40.6 Å². The number of carbonyl (C=O) groups is 2. The molecule has 1 heterocycles. The Labute approximate surface area is 169 Å². The van der Waals surface area contributed by atoms with Gasteiger partial charge in [-0.25, -0.2) is 0 Å². The van der Waals surface area contributed by atoms with Crippen molar-refractivity contribution in [2.24, 2.45) is 0 Å². The first-order valence-electron chi connectivity index (χ1n) is 8.73. The number of ketones is 1. The average molecular weight is 403 g/mol. The fourth-order valence-electron chi connectivity index (χ4n) is 3.08. The molecule has 1 amide bonds. The van der Waals surface area contributed by atoms with Gasteiger partial charge in [0.15, 0.2) is 5.78 Å². The lowest BCUT2D eigenvalue weighted by Gasteiger charge is -2.36. The summed E-state index contributed by atoms with van der Waals surface area (Å²) in [5.74, 6) is -0.562. The highest BCUT2D eigenvalue weighted by atomic mass is 35.5. The minimum absolute atomic E-state index is 0.118. The molecule has 2 aromatic rings. The van der Waals surface area contributed by atoms with Crippen LogP contribution in [0, 0.1) is 0 Å². The van der Waals surface area contributed by atoms with Gasteiger partial charge < -0.3 is 9.80 Å². The van der Waals surface area contributed by atoms with Gasteiger partial charge in [0.25, 0.3) is 5.91 Å². The summed E-state index contributed by atoms with van der Waals surface area (Å²) >= 11 is 12.2. The van der Waals surface area contributed by atoms with Crippen molar-refractivity contribution in [1.29, 1.82) is 0 Å². The number of hydrogen-bond acceptors (Lipinski definition) is 3. The quantitative estimate of drug-likeness (QED) is 0.434. The highest BCUT2D eigenvalue weighted by molar-refractivity contribution is 6.43. The van der Waals surface area contributed by atoms with Crippen LogP contribution in [0.5, 0.6) is 0 Å². The van der Waals surface area contributed by atoms with Crippen molar-refractivity contribution in [2.75, 3.05) is 31.1 Å². The van der Waals surface area contributed by atoms with E-state index < -0.39 is 0 Å². The van der Waals surface area contributed by atoms with Crippen molar-refractivity contribution in [1.82, 2.24) is 4.90 Å². The van der Waals surface area contributed by atoms with Gasteiger partial charge in [0.1, 0.15) is 0 Å². The van der Waals surface area contributed by atoms with Crippen molar-refractivity contribution in [2.45, 2.75) is 6.92 Å². The van der Waals surface area contributed by atoms with Gasteiger partial charge in [-0.05, 0) is 36.8 Å². The summed E-state index contributed by atoms with van der Waals surface area (Å²) in [6, 6.07) is 15.2. The van der Waals surface area contributed by atoms with E-state index in [1.165, 1.54) is 13.0 Å². The Hall–Kier alpha value is -2.30. The number of carbonyl (C=O) groups excluding carboxylic acids is 2. The van der Waals surface area contributed by atoms with Crippen molar-refractivity contribution in [3.63, 3.8) is 0 Å². The standard InChI is InChI=1S/C21H20Cl2N2O2/c1-15(26)18(14-16-6-5-9-19(22)20(16)23)21(27)25-12-10-24(11-13-25)17-7-3-2-4-8-17/h2-9,14H,10-13H2,1H3. The summed E-state index contributed by atoms with van der Waals surface area (Å²) in [5, 5.41) is 0.719. The zero-order valence-electron chi connectivity index (χ0n) is 15.0. The largest absolute Gasteiger partial charge is 0.368 e. The number of Topliss-reactive ketones (excluding diaryl/α,β-unsaturated/α-hetero) is 1.